The maximum Gasteiger partial charge on any atom is 0.263 e. The van der Waals surface area contributed by atoms with Gasteiger partial charge in [-0.15, -0.1) is 0 Å². The number of aromatic amines is 1. The molecule has 0 saturated heterocycles. The molecule has 2 aromatic heterocycles. The molecule has 0 aliphatic rings. The SMILES string of the molecule is BSSCOCC#Cc1cn(C)c2nc(N)[nH]c(=O)c12. The molecular weight excluding hydrogens is 295 g/mol. The van der Waals surface area contributed by atoms with Crippen molar-refractivity contribution in [1.29, 1.82) is 0 Å². The molecule has 0 saturated carbocycles. The lowest BCUT2D eigenvalue weighted by atomic mass is 10.2. The zero-order chi connectivity index (χ0) is 14.5. The van der Waals surface area contributed by atoms with E-state index in [1.54, 1.807) is 39.3 Å². The summed E-state index contributed by atoms with van der Waals surface area (Å²) >= 11 is 0. The number of hydrogen-bond donors (Lipinski definition) is 2. The average Bonchev–Trinajstić information content (AvgIpc) is 2.71. The number of nitrogens with zero attached hydrogens (tertiary/aromatic N) is 2. The topological polar surface area (TPSA) is 85.9 Å². The van der Waals surface area contributed by atoms with E-state index in [0.717, 1.165) is 0 Å². The Labute approximate surface area is 124 Å². The Hall–Kier alpha value is -1.50. The fourth-order valence-electron chi connectivity index (χ4n) is 1.70. The fourth-order valence-corrected chi connectivity index (χ4v) is 2.44. The van der Waals surface area contributed by atoms with Crippen LogP contribution in [0.3, 0.4) is 0 Å². The van der Waals surface area contributed by atoms with E-state index in [9.17, 15) is 4.79 Å². The predicted molar refractivity (Wildman–Crippen MR) is 87.2 cm³/mol. The molecule has 0 unspecified atom stereocenters. The quantitative estimate of drug-likeness (QED) is 0.274. The van der Waals surface area contributed by atoms with E-state index in [0.29, 0.717) is 29.1 Å². The van der Waals surface area contributed by atoms with Gasteiger partial charge in [0, 0.05) is 13.2 Å². The van der Waals surface area contributed by atoms with Crippen molar-refractivity contribution >= 4 is 45.5 Å². The number of ether oxygens (including phenoxy) is 1. The van der Waals surface area contributed by atoms with E-state index in [1.165, 1.54) is 0 Å². The molecule has 0 radical (unpaired) electrons. The number of aromatic nitrogens is 3. The van der Waals surface area contributed by atoms with Crippen molar-refractivity contribution in [3.63, 3.8) is 0 Å². The molecule has 0 atom stereocenters. The van der Waals surface area contributed by atoms with Crippen molar-refractivity contribution in [3.8, 4) is 11.8 Å². The molecule has 0 bridgehead atoms. The third-order valence-electron chi connectivity index (χ3n) is 2.49. The van der Waals surface area contributed by atoms with Crippen LogP contribution < -0.4 is 11.3 Å². The van der Waals surface area contributed by atoms with Crippen LogP contribution in [0.15, 0.2) is 11.0 Å². The summed E-state index contributed by atoms with van der Waals surface area (Å²) in [7, 11) is 7.03. The smallest absolute Gasteiger partial charge is 0.263 e. The molecule has 0 amide bonds. The van der Waals surface area contributed by atoms with Gasteiger partial charge >= 0.3 is 0 Å². The maximum atomic E-state index is 11.9. The first-order valence-corrected chi connectivity index (χ1v) is 8.43. The van der Waals surface area contributed by atoms with E-state index >= 15 is 0 Å². The van der Waals surface area contributed by atoms with E-state index in [2.05, 4.69) is 21.8 Å². The molecular formula is C11H13BN4O2S2. The summed E-state index contributed by atoms with van der Waals surface area (Å²) in [5.74, 6) is 6.51. The van der Waals surface area contributed by atoms with Crippen LogP contribution in [0, 0.1) is 11.8 Å². The molecule has 0 fully saturated rings. The van der Waals surface area contributed by atoms with Gasteiger partial charge < -0.3 is 15.0 Å². The van der Waals surface area contributed by atoms with Crippen molar-refractivity contribution in [2.75, 3.05) is 18.3 Å². The highest BCUT2D eigenvalue weighted by molar-refractivity contribution is 8.84. The van der Waals surface area contributed by atoms with Crippen LogP contribution in [0.2, 0.25) is 0 Å². The molecule has 2 aromatic rings. The second kappa shape index (κ2) is 6.79. The van der Waals surface area contributed by atoms with Gasteiger partial charge in [-0.05, 0) is 0 Å². The maximum absolute atomic E-state index is 11.9. The second-order valence-electron chi connectivity index (χ2n) is 3.86. The average molecular weight is 308 g/mol. The van der Waals surface area contributed by atoms with Crippen LogP contribution >= 0.6 is 21.4 Å². The van der Waals surface area contributed by atoms with Crippen LogP contribution in [0.5, 0.6) is 0 Å². The summed E-state index contributed by atoms with van der Waals surface area (Å²) in [5, 5.41) is 0.452. The molecule has 0 aliphatic carbocycles. The van der Waals surface area contributed by atoms with E-state index < -0.39 is 0 Å². The second-order valence-corrected chi connectivity index (χ2v) is 6.37. The molecule has 104 valence electrons. The molecule has 0 aromatic carbocycles. The molecule has 0 aliphatic heterocycles. The number of nitrogens with two attached hydrogens (primary N) is 1. The number of H-pyrrole nitrogens is 1. The molecule has 6 nitrogen and oxygen atoms in total. The number of nitrogens with one attached hydrogen (secondary N) is 1. The Morgan fingerprint density at radius 2 is 2.45 bits per heavy atom. The summed E-state index contributed by atoms with van der Waals surface area (Å²) < 4.78 is 7.04. The third-order valence-corrected chi connectivity index (χ3v) is 3.99. The minimum atomic E-state index is -0.281. The largest absolute Gasteiger partial charge is 0.369 e. The van der Waals surface area contributed by atoms with Crippen LogP contribution in [-0.4, -0.2) is 34.2 Å². The van der Waals surface area contributed by atoms with Gasteiger partial charge in [0.1, 0.15) is 12.5 Å². The third kappa shape index (κ3) is 3.33. The Balaban J connectivity index is 2.23. The zero-order valence-electron chi connectivity index (χ0n) is 11.1. The van der Waals surface area contributed by atoms with E-state index in [4.69, 9.17) is 10.5 Å². The summed E-state index contributed by atoms with van der Waals surface area (Å²) in [4.78, 5) is 18.5. The van der Waals surface area contributed by atoms with Crippen molar-refractivity contribution in [2.45, 2.75) is 0 Å². The fraction of sp³-hybridized carbons (Fsp3) is 0.273. The Kier molecular flexibility index (Phi) is 5.06. The number of fused-ring (bicyclic) bond motifs is 1. The number of rotatable bonds is 4. The van der Waals surface area contributed by atoms with E-state index in [1.807, 2.05) is 7.12 Å². The molecule has 2 rings (SSSR count). The standard InChI is InChI=1S/C11H13BN4O2S2/c1-16-5-7(3-2-4-18-6-19-20-12)8-9(16)14-11(13)15-10(8)17/h5H,4,6,12H2,1H3,(H3,13,14,15,17). The highest BCUT2D eigenvalue weighted by atomic mass is 33.1. The van der Waals surface area contributed by atoms with Crippen molar-refractivity contribution in [1.82, 2.24) is 14.5 Å². The lowest BCUT2D eigenvalue weighted by Gasteiger charge is -1.95. The minimum absolute atomic E-state index is 0.0978. The Morgan fingerprint density at radius 3 is 3.20 bits per heavy atom. The van der Waals surface area contributed by atoms with Gasteiger partial charge in [0.25, 0.3) is 5.56 Å². The molecule has 3 N–H and O–H groups in total. The van der Waals surface area contributed by atoms with Crippen molar-refractivity contribution in [3.05, 3.63) is 22.1 Å². The number of aryl methyl sites for hydroxylation is 1. The summed E-state index contributed by atoms with van der Waals surface area (Å²) in [6.07, 6.45) is 1.76. The monoisotopic (exact) mass is 308 g/mol. The van der Waals surface area contributed by atoms with Gasteiger partial charge in [0.05, 0.1) is 10.9 Å². The minimum Gasteiger partial charge on any atom is -0.369 e. The molecule has 9 heteroatoms. The van der Waals surface area contributed by atoms with Gasteiger partial charge in [-0.25, -0.2) is 0 Å². The first-order valence-electron chi connectivity index (χ1n) is 5.70. The van der Waals surface area contributed by atoms with Crippen LogP contribution in [0.1, 0.15) is 5.56 Å². The molecule has 20 heavy (non-hydrogen) atoms. The van der Waals surface area contributed by atoms with Gasteiger partial charge in [-0.3, -0.25) is 9.78 Å². The zero-order valence-corrected chi connectivity index (χ0v) is 12.7. The van der Waals surface area contributed by atoms with Crippen molar-refractivity contribution < 1.29 is 4.74 Å². The number of anilines is 1. The first kappa shape index (κ1) is 14.9. The normalized spacial score (nSPS) is 10.4. The lowest BCUT2D eigenvalue weighted by Crippen LogP contribution is -2.11. The summed E-state index contributed by atoms with van der Waals surface area (Å²) in [5.41, 5.74) is 6.39. The number of hydrogen-bond acceptors (Lipinski definition) is 6. The highest BCUT2D eigenvalue weighted by Gasteiger charge is 2.10. The van der Waals surface area contributed by atoms with E-state index in [-0.39, 0.29) is 11.5 Å². The molecule has 2 heterocycles. The highest BCUT2D eigenvalue weighted by Crippen LogP contribution is 2.15. The summed E-state index contributed by atoms with van der Waals surface area (Å²) in [6, 6.07) is 0. The van der Waals surface area contributed by atoms with Gasteiger partial charge in [0.2, 0.25) is 5.95 Å². The van der Waals surface area contributed by atoms with Gasteiger partial charge in [-0.2, -0.15) is 15.6 Å². The van der Waals surface area contributed by atoms with Gasteiger partial charge in [0.15, 0.2) is 12.8 Å². The Morgan fingerprint density at radius 1 is 1.65 bits per heavy atom. The first-order chi connectivity index (χ1) is 9.63. The van der Waals surface area contributed by atoms with Gasteiger partial charge in [-0.1, -0.05) is 22.6 Å². The van der Waals surface area contributed by atoms with Crippen LogP contribution in [-0.2, 0) is 11.8 Å². The number of nitrogen functional groups attached to an aromatic ring is 1. The molecule has 0 spiro atoms. The van der Waals surface area contributed by atoms with Crippen molar-refractivity contribution in [2.24, 2.45) is 7.05 Å². The Bertz CT molecular complexity index is 732. The van der Waals surface area contributed by atoms with Crippen LogP contribution in [0.4, 0.5) is 5.95 Å². The lowest BCUT2D eigenvalue weighted by molar-refractivity contribution is 0.223. The summed E-state index contributed by atoms with van der Waals surface area (Å²) in [6.45, 7) is 0.324. The predicted octanol–water partition coefficient (Wildman–Crippen LogP) is 0.0989. The van der Waals surface area contributed by atoms with Crippen LogP contribution in [0.25, 0.3) is 11.0 Å².